The summed E-state index contributed by atoms with van der Waals surface area (Å²) < 4.78 is 1.64. The Morgan fingerprint density at radius 2 is 1.93 bits per heavy atom. The number of aromatic nitrogens is 2. The van der Waals surface area contributed by atoms with Crippen LogP contribution >= 0.6 is 11.8 Å². The molecule has 1 fully saturated rings. The second-order valence-corrected chi connectivity index (χ2v) is 7.97. The zero-order valence-electron chi connectivity index (χ0n) is 15.6. The van der Waals surface area contributed by atoms with Gasteiger partial charge in [-0.2, -0.15) is 0 Å². The molecule has 2 N–H and O–H groups in total. The van der Waals surface area contributed by atoms with Crippen molar-refractivity contribution in [1.29, 1.82) is 0 Å². The van der Waals surface area contributed by atoms with Gasteiger partial charge in [0.25, 0.3) is 5.56 Å². The Labute approximate surface area is 161 Å². The lowest BCUT2D eigenvalue weighted by atomic mass is 9.96. The van der Waals surface area contributed by atoms with Gasteiger partial charge in [0.15, 0.2) is 5.16 Å². The molecule has 3 rings (SSSR count). The molecule has 2 amide bonds. The van der Waals surface area contributed by atoms with Gasteiger partial charge in [0.1, 0.15) is 0 Å². The molecule has 144 valence electrons. The standard InChI is InChI=1S/C19H24N4O3S/c1-12(2)23-18(26)14-5-3-4-6-15(14)21-19(23)27-11-16(24)22-9-7-13(8-10-22)17(20)25/h3-6,12-13H,7-11H2,1-2H3,(H2,20,25). The molecule has 1 saturated heterocycles. The van der Waals surface area contributed by atoms with Crippen molar-refractivity contribution in [3.05, 3.63) is 34.6 Å². The summed E-state index contributed by atoms with van der Waals surface area (Å²) in [6.45, 7) is 4.93. The van der Waals surface area contributed by atoms with Crippen molar-refractivity contribution in [2.24, 2.45) is 11.7 Å². The number of amides is 2. The summed E-state index contributed by atoms with van der Waals surface area (Å²) in [6, 6.07) is 7.19. The van der Waals surface area contributed by atoms with Gasteiger partial charge in [-0.25, -0.2) is 4.98 Å². The van der Waals surface area contributed by atoms with Crippen LogP contribution in [0.25, 0.3) is 10.9 Å². The Hall–Kier alpha value is -2.35. The molecule has 0 saturated carbocycles. The summed E-state index contributed by atoms with van der Waals surface area (Å²) in [5.41, 5.74) is 5.89. The lowest BCUT2D eigenvalue weighted by Crippen LogP contribution is -2.42. The molecule has 8 heteroatoms. The van der Waals surface area contributed by atoms with E-state index in [1.165, 1.54) is 11.8 Å². The Morgan fingerprint density at radius 1 is 1.26 bits per heavy atom. The molecule has 27 heavy (non-hydrogen) atoms. The zero-order valence-corrected chi connectivity index (χ0v) is 16.4. The molecule has 1 aliphatic rings. The molecule has 0 spiro atoms. The van der Waals surface area contributed by atoms with Gasteiger partial charge in [0, 0.05) is 25.0 Å². The average molecular weight is 388 g/mol. The highest BCUT2D eigenvalue weighted by Gasteiger charge is 2.26. The number of hydrogen-bond donors (Lipinski definition) is 1. The van der Waals surface area contributed by atoms with E-state index in [0.29, 0.717) is 42.0 Å². The minimum absolute atomic E-state index is 0.0133. The van der Waals surface area contributed by atoms with Crippen LogP contribution in [0.15, 0.2) is 34.2 Å². The molecular formula is C19H24N4O3S. The van der Waals surface area contributed by atoms with E-state index < -0.39 is 0 Å². The monoisotopic (exact) mass is 388 g/mol. The molecule has 0 bridgehead atoms. The van der Waals surface area contributed by atoms with Crippen LogP contribution in [0.3, 0.4) is 0 Å². The summed E-state index contributed by atoms with van der Waals surface area (Å²) in [7, 11) is 0. The van der Waals surface area contributed by atoms with Gasteiger partial charge in [-0.15, -0.1) is 0 Å². The summed E-state index contributed by atoms with van der Waals surface area (Å²) in [6.07, 6.45) is 1.22. The molecule has 0 atom stereocenters. The number of nitrogens with two attached hydrogens (primary N) is 1. The number of para-hydroxylation sites is 1. The summed E-state index contributed by atoms with van der Waals surface area (Å²) >= 11 is 1.28. The number of piperidine rings is 1. The zero-order chi connectivity index (χ0) is 19.6. The third-order valence-electron chi connectivity index (χ3n) is 4.87. The molecule has 2 heterocycles. The van der Waals surface area contributed by atoms with E-state index in [2.05, 4.69) is 4.98 Å². The highest BCUT2D eigenvalue weighted by Crippen LogP contribution is 2.23. The lowest BCUT2D eigenvalue weighted by Gasteiger charge is -2.30. The topological polar surface area (TPSA) is 98.3 Å². The van der Waals surface area contributed by atoms with Crippen molar-refractivity contribution in [3.63, 3.8) is 0 Å². The van der Waals surface area contributed by atoms with E-state index in [9.17, 15) is 14.4 Å². The van der Waals surface area contributed by atoms with Crippen molar-refractivity contribution in [1.82, 2.24) is 14.5 Å². The largest absolute Gasteiger partial charge is 0.369 e. The van der Waals surface area contributed by atoms with Crippen LogP contribution in [0.1, 0.15) is 32.7 Å². The van der Waals surface area contributed by atoms with Crippen molar-refractivity contribution in [3.8, 4) is 0 Å². The molecule has 0 aliphatic carbocycles. The van der Waals surface area contributed by atoms with Crippen LogP contribution in [0.5, 0.6) is 0 Å². The molecular weight excluding hydrogens is 364 g/mol. The van der Waals surface area contributed by atoms with Crippen molar-refractivity contribution in [2.75, 3.05) is 18.8 Å². The van der Waals surface area contributed by atoms with Crippen LogP contribution in [-0.4, -0.2) is 45.1 Å². The lowest BCUT2D eigenvalue weighted by molar-refractivity contribution is -0.132. The normalized spacial score (nSPS) is 15.4. The predicted octanol–water partition coefficient (Wildman–Crippen LogP) is 1.79. The van der Waals surface area contributed by atoms with Crippen LogP contribution in [0, 0.1) is 5.92 Å². The van der Waals surface area contributed by atoms with Crippen molar-refractivity contribution < 1.29 is 9.59 Å². The van der Waals surface area contributed by atoms with Gasteiger partial charge < -0.3 is 10.6 Å². The maximum absolute atomic E-state index is 12.8. The second kappa shape index (κ2) is 8.12. The van der Waals surface area contributed by atoms with Gasteiger partial charge in [-0.3, -0.25) is 19.0 Å². The third kappa shape index (κ3) is 4.16. The van der Waals surface area contributed by atoms with E-state index >= 15 is 0 Å². The summed E-state index contributed by atoms with van der Waals surface area (Å²) in [4.78, 5) is 43.0. The van der Waals surface area contributed by atoms with Gasteiger partial charge in [0.05, 0.1) is 16.7 Å². The number of likely N-dealkylation sites (tertiary alicyclic amines) is 1. The van der Waals surface area contributed by atoms with Crippen molar-refractivity contribution >= 4 is 34.5 Å². The Kier molecular flexibility index (Phi) is 5.84. The molecule has 1 aliphatic heterocycles. The van der Waals surface area contributed by atoms with E-state index in [0.717, 1.165) is 0 Å². The van der Waals surface area contributed by atoms with Crippen LogP contribution in [0.2, 0.25) is 0 Å². The van der Waals surface area contributed by atoms with E-state index in [1.807, 2.05) is 32.0 Å². The smallest absolute Gasteiger partial charge is 0.262 e. The summed E-state index contributed by atoms with van der Waals surface area (Å²) in [5.74, 6) is -0.243. The highest BCUT2D eigenvalue weighted by atomic mass is 32.2. The first-order chi connectivity index (χ1) is 12.9. The van der Waals surface area contributed by atoms with E-state index in [1.54, 1.807) is 15.5 Å². The first-order valence-electron chi connectivity index (χ1n) is 9.09. The number of carbonyl (C=O) groups excluding carboxylic acids is 2. The first kappa shape index (κ1) is 19.4. The Morgan fingerprint density at radius 3 is 2.56 bits per heavy atom. The molecule has 1 aromatic carbocycles. The Balaban J connectivity index is 1.75. The third-order valence-corrected chi connectivity index (χ3v) is 5.80. The number of rotatable bonds is 5. The highest BCUT2D eigenvalue weighted by molar-refractivity contribution is 7.99. The van der Waals surface area contributed by atoms with Crippen molar-refractivity contribution in [2.45, 2.75) is 37.9 Å². The number of carbonyl (C=O) groups is 2. The number of primary amides is 1. The SMILES string of the molecule is CC(C)n1c(SCC(=O)N2CCC(C(N)=O)CC2)nc2ccccc2c1=O. The second-order valence-electron chi connectivity index (χ2n) is 7.03. The molecule has 0 unspecified atom stereocenters. The number of hydrogen-bond acceptors (Lipinski definition) is 5. The summed E-state index contributed by atoms with van der Waals surface area (Å²) in [5, 5.41) is 1.13. The number of thioether (sulfide) groups is 1. The fraction of sp³-hybridized carbons (Fsp3) is 0.474. The number of fused-ring (bicyclic) bond motifs is 1. The minimum atomic E-state index is -0.294. The molecule has 7 nitrogen and oxygen atoms in total. The van der Waals surface area contributed by atoms with Gasteiger partial charge in [-0.05, 0) is 38.8 Å². The van der Waals surface area contributed by atoms with Gasteiger partial charge in [-0.1, -0.05) is 23.9 Å². The fourth-order valence-corrected chi connectivity index (χ4v) is 4.34. The molecule has 2 aromatic rings. The predicted molar refractivity (Wildman–Crippen MR) is 106 cm³/mol. The van der Waals surface area contributed by atoms with Crippen LogP contribution in [-0.2, 0) is 9.59 Å². The van der Waals surface area contributed by atoms with Crippen LogP contribution in [0.4, 0.5) is 0 Å². The maximum atomic E-state index is 12.8. The number of benzene rings is 1. The number of nitrogens with zero attached hydrogens (tertiary/aromatic N) is 3. The average Bonchev–Trinajstić information content (AvgIpc) is 2.66. The first-order valence-corrected chi connectivity index (χ1v) is 10.1. The maximum Gasteiger partial charge on any atom is 0.262 e. The molecule has 1 aromatic heterocycles. The molecule has 0 radical (unpaired) electrons. The van der Waals surface area contributed by atoms with E-state index in [4.69, 9.17) is 5.73 Å². The minimum Gasteiger partial charge on any atom is -0.369 e. The van der Waals surface area contributed by atoms with E-state index in [-0.39, 0.29) is 35.1 Å². The Bertz CT molecular complexity index is 917. The van der Waals surface area contributed by atoms with Gasteiger partial charge >= 0.3 is 0 Å². The van der Waals surface area contributed by atoms with Crippen LogP contribution < -0.4 is 11.3 Å². The quantitative estimate of drug-likeness (QED) is 0.622. The van der Waals surface area contributed by atoms with Gasteiger partial charge in [0.2, 0.25) is 11.8 Å². The fourth-order valence-electron chi connectivity index (χ4n) is 3.31.